The first kappa shape index (κ1) is 10.0. The molecule has 1 amide bonds. The van der Waals surface area contributed by atoms with Crippen LogP contribution in [0.1, 0.15) is 34.1 Å². The van der Waals surface area contributed by atoms with Crippen LogP contribution >= 0.6 is 0 Å². The van der Waals surface area contributed by atoms with Gasteiger partial charge in [-0.1, -0.05) is 20.3 Å². The zero-order valence-corrected chi connectivity index (χ0v) is 7.51. The highest BCUT2D eigenvalue weighted by Crippen LogP contribution is 2.13. The highest BCUT2D eigenvalue weighted by atomic mass is 16.2. The molecular weight excluding hydrogens is 140 g/mol. The van der Waals surface area contributed by atoms with E-state index >= 15 is 0 Å². The van der Waals surface area contributed by atoms with Crippen molar-refractivity contribution in [3.05, 3.63) is 11.3 Å². The molecule has 62 valence electrons. The topological polar surface area (TPSA) is 41.8 Å². The Hall–Kier alpha value is -0.990. The lowest BCUT2D eigenvalue weighted by Crippen LogP contribution is -1.88. The third-order valence-electron chi connectivity index (χ3n) is 1.15. The number of nitrogens with zero attached hydrogens (tertiary/aromatic N) is 2. The lowest BCUT2D eigenvalue weighted by Gasteiger charge is -1.81. The van der Waals surface area contributed by atoms with E-state index in [1.165, 1.54) is 6.42 Å². The standard InChI is InChI=1S/C5H6N2O.C3H8/c1-3-4(2)6-7-5(3)8;1-3-2/h1-2H3;3H2,1-2H3. The minimum Gasteiger partial charge on any atom is -0.265 e. The van der Waals surface area contributed by atoms with E-state index < -0.39 is 0 Å². The monoisotopic (exact) mass is 154 g/mol. The van der Waals surface area contributed by atoms with Crippen molar-refractivity contribution in [2.24, 2.45) is 10.2 Å². The number of azo groups is 1. The van der Waals surface area contributed by atoms with E-state index in [2.05, 4.69) is 24.1 Å². The second-order valence-electron chi connectivity index (χ2n) is 2.42. The highest BCUT2D eigenvalue weighted by Gasteiger charge is 2.11. The van der Waals surface area contributed by atoms with Gasteiger partial charge >= 0.3 is 0 Å². The first-order valence-corrected chi connectivity index (χ1v) is 3.77. The Balaban J connectivity index is 0.000000292. The van der Waals surface area contributed by atoms with Crippen molar-refractivity contribution in [2.75, 3.05) is 0 Å². The molecule has 11 heavy (non-hydrogen) atoms. The van der Waals surface area contributed by atoms with Gasteiger partial charge in [0.05, 0.1) is 5.70 Å². The normalized spacial score (nSPS) is 15.1. The van der Waals surface area contributed by atoms with Gasteiger partial charge in [0.25, 0.3) is 5.91 Å². The second-order valence-corrected chi connectivity index (χ2v) is 2.42. The van der Waals surface area contributed by atoms with Gasteiger partial charge in [-0.2, -0.15) is 5.11 Å². The van der Waals surface area contributed by atoms with Gasteiger partial charge in [0.1, 0.15) is 0 Å². The Bertz CT molecular complexity index is 200. The van der Waals surface area contributed by atoms with Crippen molar-refractivity contribution in [3.8, 4) is 0 Å². The molecule has 0 atom stereocenters. The van der Waals surface area contributed by atoms with Gasteiger partial charge < -0.3 is 0 Å². The van der Waals surface area contributed by atoms with Crippen LogP contribution in [-0.4, -0.2) is 5.91 Å². The van der Waals surface area contributed by atoms with E-state index in [0.29, 0.717) is 5.57 Å². The van der Waals surface area contributed by atoms with Crippen molar-refractivity contribution in [1.29, 1.82) is 0 Å². The summed E-state index contributed by atoms with van der Waals surface area (Å²) in [5.41, 5.74) is 1.39. The Kier molecular flexibility index (Phi) is 4.34. The molecule has 3 heteroatoms. The van der Waals surface area contributed by atoms with Crippen molar-refractivity contribution in [2.45, 2.75) is 34.1 Å². The number of carbonyl (C=O) groups is 1. The molecule has 1 rings (SSSR count). The summed E-state index contributed by atoms with van der Waals surface area (Å²) < 4.78 is 0. The molecule has 0 spiro atoms. The molecule has 1 aliphatic heterocycles. The highest BCUT2D eigenvalue weighted by molar-refractivity contribution is 5.95. The largest absolute Gasteiger partial charge is 0.292 e. The molecule has 0 fully saturated rings. The van der Waals surface area contributed by atoms with E-state index in [4.69, 9.17) is 0 Å². The Morgan fingerprint density at radius 1 is 1.18 bits per heavy atom. The SMILES string of the molecule is CC1=C(C)C(=O)N=N1.CCC. The smallest absolute Gasteiger partial charge is 0.265 e. The van der Waals surface area contributed by atoms with E-state index in [0.717, 1.165) is 5.70 Å². The summed E-state index contributed by atoms with van der Waals surface area (Å²) in [6.45, 7) is 7.74. The van der Waals surface area contributed by atoms with Crippen LogP contribution in [0.2, 0.25) is 0 Å². The van der Waals surface area contributed by atoms with Crippen molar-refractivity contribution in [1.82, 2.24) is 0 Å². The molecule has 0 radical (unpaired) electrons. The van der Waals surface area contributed by atoms with Crippen molar-refractivity contribution < 1.29 is 4.79 Å². The number of hydrogen-bond donors (Lipinski definition) is 0. The molecular formula is C8H14N2O. The van der Waals surface area contributed by atoms with Crippen LogP contribution in [0.3, 0.4) is 0 Å². The van der Waals surface area contributed by atoms with Gasteiger partial charge in [0.2, 0.25) is 0 Å². The van der Waals surface area contributed by atoms with E-state index in [-0.39, 0.29) is 5.91 Å². The maximum absolute atomic E-state index is 10.5. The minimum atomic E-state index is -0.206. The summed E-state index contributed by atoms with van der Waals surface area (Å²) in [6, 6.07) is 0. The first-order valence-electron chi connectivity index (χ1n) is 3.77. The van der Waals surface area contributed by atoms with Gasteiger partial charge in [-0.3, -0.25) is 4.79 Å². The quantitative estimate of drug-likeness (QED) is 0.529. The molecule has 0 aromatic rings. The molecule has 0 saturated heterocycles. The fourth-order valence-electron chi connectivity index (χ4n) is 0.425. The van der Waals surface area contributed by atoms with Crippen LogP contribution in [0.5, 0.6) is 0 Å². The number of allylic oxidation sites excluding steroid dienone is 1. The molecule has 0 bridgehead atoms. The molecule has 1 heterocycles. The average Bonchev–Trinajstić information content (AvgIpc) is 2.22. The summed E-state index contributed by atoms with van der Waals surface area (Å²) in [5, 5.41) is 6.86. The summed E-state index contributed by atoms with van der Waals surface area (Å²) in [7, 11) is 0. The van der Waals surface area contributed by atoms with Crippen molar-refractivity contribution in [3.63, 3.8) is 0 Å². The average molecular weight is 154 g/mol. The predicted octanol–water partition coefficient (Wildman–Crippen LogP) is 2.69. The molecule has 0 aromatic heterocycles. The zero-order valence-electron chi connectivity index (χ0n) is 7.51. The Labute approximate surface area is 67.2 Å². The zero-order chi connectivity index (χ0) is 8.85. The van der Waals surface area contributed by atoms with Gasteiger partial charge in [0, 0.05) is 5.57 Å². The maximum Gasteiger partial charge on any atom is 0.292 e. The van der Waals surface area contributed by atoms with Gasteiger partial charge in [0.15, 0.2) is 0 Å². The Morgan fingerprint density at radius 3 is 1.73 bits per heavy atom. The predicted molar refractivity (Wildman–Crippen MR) is 44.2 cm³/mol. The van der Waals surface area contributed by atoms with Crippen LogP contribution in [0.25, 0.3) is 0 Å². The summed E-state index contributed by atoms with van der Waals surface area (Å²) in [6.07, 6.45) is 1.25. The van der Waals surface area contributed by atoms with Crippen LogP contribution in [0.4, 0.5) is 0 Å². The second kappa shape index (κ2) is 4.77. The molecule has 0 unspecified atom stereocenters. The summed E-state index contributed by atoms with van der Waals surface area (Å²) >= 11 is 0. The Morgan fingerprint density at radius 2 is 1.64 bits per heavy atom. The third kappa shape index (κ3) is 3.07. The number of amides is 1. The molecule has 0 saturated carbocycles. The molecule has 0 aromatic carbocycles. The van der Waals surface area contributed by atoms with Crippen molar-refractivity contribution >= 4 is 5.91 Å². The van der Waals surface area contributed by atoms with Crippen LogP contribution in [0.15, 0.2) is 21.5 Å². The van der Waals surface area contributed by atoms with Crippen LogP contribution in [0, 0.1) is 0 Å². The van der Waals surface area contributed by atoms with Gasteiger partial charge in [-0.15, -0.1) is 5.11 Å². The van der Waals surface area contributed by atoms with Crippen LogP contribution in [-0.2, 0) is 4.79 Å². The molecule has 0 aliphatic carbocycles. The van der Waals surface area contributed by atoms with Gasteiger partial charge in [-0.25, -0.2) is 0 Å². The minimum absolute atomic E-state index is 0.206. The van der Waals surface area contributed by atoms with E-state index in [9.17, 15) is 4.79 Å². The molecule has 0 N–H and O–H groups in total. The summed E-state index contributed by atoms with van der Waals surface area (Å²) in [5.74, 6) is -0.206. The fraction of sp³-hybridized carbons (Fsp3) is 0.625. The van der Waals surface area contributed by atoms with Crippen LogP contribution < -0.4 is 0 Å². The lowest BCUT2D eigenvalue weighted by molar-refractivity contribution is -0.114. The lowest BCUT2D eigenvalue weighted by atomic mass is 10.2. The van der Waals surface area contributed by atoms with E-state index in [1.54, 1.807) is 13.8 Å². The molecule has 3 nitrogen and oxygen atoms in total. The van der Waals surface area contributed by atoms with Gasteiger partial charge in [-0.05, 0) is 13.8 Å². The number of carbonyl (C=O) groups excluding carboxylic acids is 1. The first-order chi connectivity index (χ1) is 5.13. The maximum atomic E-state index is 10.5. The summed E-state index contributed by atoms with van der Waals surface area (Å²) in [4.78, 5) is 10.5. The number of rotatable bonds is 0. The third-order valence-corrected chi connectivity index (χ3v) is 1.15. The fourth-order valence-corrected chi connectivity index (χ4v) is 0.425. The van der Waals surface area contributed by atoms with E-state index in [1.807, 2.05) is 0 Å². The number of hydrogen-bond acceptors (Lipinski definition) is 2. The molecule has 1 aliphatic rings.